The third kappa shape index (κ3) is 2.80. The molecule has 0 aliphatic carbocycles. The maximum absolute atomic E-state index is 12.5. The number of anilines is 1. The summed E-state index contributed by atoms with van der Waals surface area (Å²) in [5.41, 5.74) is 4.92. The smallest absolute Gasteiger partial charge is 0.383 e. The number of pyridine rings is 1. The number of rotatable bonds is 1. The highest BCUT2D eigenvalue weighted by Gasteiger charge is 2.33. The van der Waals surface area contributed by atoms with E-state index in [2.05, 4.69) is 4.98 Å². The first kappa shape index (κ1) is 15.2. The van der Waals surface area contributed by atoms with Crippen LogP contribution in [-0.2, 0) is 6.18 Å². The number of aromatic nitrogens is 1. The summed E-state index contributed by atoms with van der Waals surface area (Å²) in [7, 11) is 0. The molecule has 8 heteroatoms. The normalized spacial score (nSPS) is 11.7. The molecule has 2 nitrogen and oxygen atoms in total. The number of nitrogens with two attached hydrogens (primary N) is 1. The molecular formula is C12H6Cl3F3N2. The Morgan fingerprint density at radius 1 is 0.950 bits per heavy atom. The molecule has 0 aliphatic heterocycles. The molecule has 0 unspecified atom stereocenters. The highest BCUT2D eigenvalue weighted by Crippen LogP contribution is 2.41. The van der Waals surface area contributed by atoms with E-state index in [4.69, 9.17) is 40.5 Å². The van der Waals surface area contributed by atoms with Crippen molar-refractivity contribution in [3.05, 3.63) is 45.0 Å². The van der Waals surface area contributed by atoms with Crippen molar-refractivity contribution in [1.29, 1.82) is 0 Å². The Balaban J connectivity index is 2.64. The van der Waals surface area contributed by atoms with Crippen LogP contribution >= 0.6 is 34.8 Å². The first-order valence-electron chi connectivity index (χ1n) is 5.19. The first-order valence-corrected chi connectivity index (χ1v) is 6.33. The minimum atomic E-state index is -4.57. The van der Waals surface area contributed by atoms with Gasteiger partial charge >= 0.3 is 6.18 Å². The summed E-state index contributed by atoms with van der Waals surface area (Å²) < 4.78 is 37.6. The van der Waals surface area contributed by atoms with Crippen molar-refractivity contribution in [1.82, 2.24) is 4.98 Å². The Hall–Kier alpha value is -1.17. The molecule has 2 aromatic rings. The van der Waals surface area contributed by atoms with E-state index < -0.39 is 11.9 Å². The number of nitrogens with zero attached hydrogens (tertiary/aromatic N) is 1. The lowest BCUT2D eigenvalue weighted by molar-refractivity contribution is -0.141. The molecular weight excluding hydrogens is 335 g/mol. The average molecular weight is 342 g/mol. The van der Waals surface area contributed by atoms with E-state index >= 15 is 0 Å². The van der Waals surface area contributed by atoms with E-state index in [0.29, 0.717) is 0 Å². The summed E-state index contributed by atoms with van der Waals surface area (Å²) in [6.07, 6.45) is -4.57. The van der Waals surface area contributed by atoms with Crippen LogP contribution in [0.2, 0.25) is 15.1 Å². The fraction of sp³-hybridized carbons (Fsp3) is 0.0833. The van der Waals surface area contributed by atoms with Crippen LogP contribution in [-0.4, -0.2) is 4.98 Å². The van der Waals surface area contributed by atoms with E-state index in [1.54, 1.807) is 0 Å². The molecule has 2 rings (SSSR count). The first-order chi connectivity index (χ1) is 9.21. The van der Waals surface area contributed by atoms with Gasteiger partial charge in [-0.1, -0.05) is 34.8 Å². The lowest BCUT2D eigenvalue weighted by Gasteiger charge is -2.13. The highest BCUT2D eigenvalue weighted by atomic mass is 35.5. The van der Waals surface area contributed by atoms with Crippen LogP contribution in [0.15, 0.2) is 24.3 Å². The van der Waals surface area contributed by atoms with Gasteiger partial charge in [0.2, 0.25) is 0 Å². The van der Waals surface area contributed by atoms with Gasteiger partial charge in [-0.15, -0.1) is 0 Å². The summed E-state index contributed by atoms with van der Waals surface area (Å²) in [5.74, 6) is -0.328. The van der Waals surface area contributed by atoms with Crippen LogP contribution < -0.4 is 5.73 Å². The van der Waals surface area contributed by atoms with Crippen molar-refractivity contribution in [2.75, 3.05) is 5.73 Å². The second-order valence-electron chi connectivity index (χ2n) is 3.85. The van der Waals surface area contributed by atoms with Gasteiger partial charge in [0.05, 0.1) is 15.1 Å². The van der Waals surface area contributed by atoms with Crippen LogP contribution in [0.1, 0.15) is 5.69 Å². The van der Waals surface area contributed by atoms with Gasteiger partial charge < -0.3 is 5.73 Å². The van der Waals surface area contributed by atoms with Crippen LogP contribution in [0.3, 0.4) is 0 Å². The predicted molar refractivity (Wildman–Crippen MR) is 74.1 cm³/mol. The number of hydrogen-bond donors (Lipinski definition) is 1. The zero-order chi connectivity index (χ0) is 15.1. The van der Waals surface area contributed by atoms with Gasteiger partial charge in [0.25, 0.3) is 0 Å². The standard InChI is InChI=1S/C12H6Cl3F3N2/c13-6-2-3-7(14)10(15)9(6)5-1-4-8(12(16,17)18)20-11(5)19/h1-4H,(H2,19,20). The Labute approximate surface area is 127 Å². The molecule has 106 valence electrons. The van der Waals surface area contributed by atoms with Gasteiger partial charge in [0.15, 0.2) is 0 Å². The van der Waals surface area contributed by atoms with Crippen LogP contribution in [0.5, 0.6) is 0 Å². The van der Waals surface area contributed by atoms with Gasteiger partial charge in [-0.3, -0.25) is 0 Å². The molecule has 0 fully saturated rings. The van der Waals surface area contributed by atoms with Gasteiger partial charge in [-0.05, 0) is 24.3 Å². The molecule has 0 spiro atoms. The molecule has 0 bridgehead atoms. The minimum Gasteiger partial charge on any atom is -0.383 e. The molecule has 0 radical (unpaired) electrons. The minimum absolute atomic E-state index is 0.104. The zero-order valence-electron chi connectivity index (χ0n) is 9.60. The molecule has 20 heavy (non-hydrogen) atoms. The Kier molecular flexibility index (Phi) is 4.04. The fourth-order valence-corrected chi connectivity index (χ4v) is 2.35. The van der Waals surface area contributed by atoms with Crippen molar-refractivity contribution in [2.45, 2.75) is 6.18 Å². The zero-order valence-corrected chi connectivity index (χ0v) is 11.9. The summed E-state index contributed by atoms with van der Waals surface area (Å²) >= 11 is 17.9. The lowest BCUT2D eigenvalue weighted by atomic mass is 10.1. The molecule has 0 saturated carbocycles. The predicted octanol–water partition coefficient (Wildman–Crippen LogP) is 5.31. The van der Waals surface area contributed by atoms with E-state index in [-0.39, 0.29) is 32.0 Å². The monoisotopic (exact) mass is 340 g/mol. The molecule has 1 aromatic carbocycles. The second-order valence-corrected chi connectivity index (χ2v) is 5.04. The van der Waals surface area contributed by atoms with E-state index in [1.165, 1.54) is 12.1 Å². The number of benzene rings is 1. The van der Waals surface area contributed by atoms with Gasteiger partial charge in [0.1, 0.15) is 11.5 Å². The maximum atomic E-state index is 12.5. The fourth-order valence-electron chi connectivity index (χ4n) is 1.62. The Morgan fingerprint density at radius 2 is 1.55 bits per heavy atom. The number of hydrogen-bond acceptors (Lipinski definition) is 2. The Morgan fingerprint density at radius 3 is 2.10 bits per heavy atom. The largest absolute Gasteiger partial charge is 0.433 e. The van der Waals surface area contributed by atoms with Crippen molar-refractivity contribution in [3.8, 4) is 11.1 Å². The third-order valence-corrected chi connectivity index (χ3v) is 3.65. The molecule has 0 amide bonds. The van der Waals surface area contributed by atoms with Crippen molar-refractivity contribution >= 4 is 40.6 Å². The van der Waals surface area contributed by atoms with E-state index in [0.717, 1.165) is 12.1 Å². The maximum Gasteiger partial charge on any atom is 0.433 e. The van der Waals surface area contributed by atoms with E-state index in [9.17, 15) is 13.2 Å². The van der Waals surface area contributed by atoms with Gasteiger partial charge in [0, 0.05) is 11.1 Å². The molecule has 1 heterocycles. The summed E-state index contributed by atoms with van der Waals surface area (Å²) in [4.78, 5) is 3.33. The molecule has 0 saturated heterocycles. The Bertz CT molecular complexity index is 672. The second kappa shape index (κ2) is 5.31. The molecule has 0 aliphatic rings. The van der Waals surface area contributed by atoms with Crippen molar-refractivity contribution < 1.29 is 13.2 Å². The number of alkyl halides is 3. The number of nitrogen functional groups attached to an aromatic ring is 1. The summed E-state index contributed by atoms with van der Waals surface area (Å²) in [6, 6.07) is 4.92. The molecule has 2 N–H and O–H groups in total. The lowest BCUT2D eigenvalue weighted by Crippen LogP contribution is -2.10. The summed E-state index contributed by atoms with van der Waals surface area (Å²) in [5, 5.41) is 0.533. The molecule has 1 aromatic heterocycles. The SMILES string of the molecule is Nc1nc(C(F)(F)F)ccc1-c1c(Cl)ccc(Cl)c1Cl. The number of halogens is 6. The quantitative estimate of drug-likeness (QED) is 0.714. The van der Waals surface area contributed by atoms with Crippen molar-refractivity contribution in [3.63, 3.8) is 0 Å². The summed E-state index contributed by atoms with van der Waals surface area (Å²) in [6.45, 7) is 0. The van der Waals surface area contributed by atoms with Crippen molar-refractivity contribution in [2.24, 2.45) is 0 Å². The van der Waals surface area contributed by atoms with Crippen LogP contribution in [0.25, 0.3) is 11.1 Å². The van der Waals surface area contributed by atoms with Gasteiger partial charge in [-0.2, -0.15) is 13.2 Å². The van der Waals surface area contributed by atoms with Gasteiger partial charge in [-0.25, -0.2) is 4.98 Å². The molecule has 0 atom stereocenters. The van der Waals surface area contributed by atoms with Crippen LogP contribution in [0.4, 0.5) is 19.0 Å². The van der Waals surface area contributed by atoms with Crippen LogP contribution in [0, 0.1) is 0 Å². The highest BCUT2D eigenvalue weighted by molar-refractivity contribution is 6.46. The third-order valence-electron chi connectivity index (χ3n) is 2.53. The average Bonchev–Trinajstić information content (AvgIpc) is 2.35. The van der Waals surface area contributed by atoms with E-state index in [1.807, 2.05) is 0 Å². The topological polar surface area (TPSA) is 38.9 Å².